The first-order chi connectivity index (χ1) is 13.2. The van der Waals surface area contributed by atoms with Crippen molar-refractivity contribution >= 4 is 5.65 Å². The summed E-state index contributed by atoms with van der Waals surface area (Å²) in [5.41, 5.74) is -1.54. The van der Waals surface area contributed by atoms with Gasteiger partial charge in [-0.1, -0.05) is 0 Å². The van der Waals surface area contributed by atoms with Crippen molar-refractivity contribution in [2.24, 2.45) is 5.92 Å². The number of aromatic nitrogens is 3. The molecule has 28 heavy (non-hydrogen) atoms. The van der Waals surface area contributed by atoms with Crippen LogP contribution >= 0.6 is 0 Å². The van der Waals surface area contributed by atoms with E-state index in [2.05, 4.69) is 10.2 Å². The zero-order valence-corrected chi connectivity index (χ0v) is 14.8. The molecule has 2 aromatic heterocycles. The number of pyridine rings is 1. The fraction of sp³-hybridized carbons (Fsp3) is 0.368. The van der Waals surface area contributed by atoms with E-state index in [0.29, 0.717) is 18.2 Å². The van der Waals surface area contributed by atoms with Crippen molar-refractivity contribution in [2.45, 2.75) is 38.5 Å². The predicted molar refractivity (Wildman–Crippen MR) is 89.8 cm³/mol. The Morgan fingerprint density at radius 1 is 1.18 bits per heavy atom. The van der Waals surface area contributed by atoms with Gasteiger partial charge in [-0.2, -0.15) is 13.2 Å². The van der Waals surface area contributed by atoms with Gasteiger partial charge in [-0.05, 0) is 43.9 Å². The highest BCUT2D eigenvalue weighted by molar-refractivity contribution is 5.54. The van der Waals surface area contributed by atoms with E-state index in [1.165, 1.54) is 23.6 Å². The number of fused-ring (bicyclic) bond motifs is 1. The van der Waals surface area contributed by atoms with E-state index in [-0.39, 0.29) is 11.2 Å². The Morgan fingerprint density at radius 3 is 2.61 bits per heavy atom. The Bertz CT molecular complexity index is 1030. The number of alkyl halides is 3. The first kappa shape index (κ1) is 18.6. The zero-order chi connectivity index (χ0) is 20.1. The molecular weight excluding hydrogens is 381 g/mol. The van der Waals surface area contributed by atoms with Gasteiger partial charge in [0.15, 0.2) is 17.2 Å². The van der Waals surface area contributed by atoms with E-state index in [1.807, 2.05) is 0 Å². The highest BCUT2D eigenvalue weighted by Gasteiger charge is 2.39. The van der Waals surface area contributed by atoms with Gasteiger partial charge in [0.1, 0.15) is 23.3 Å². The van der Waals surface area contributed by atoms with Crippen molar-refractivity contribution in [1.82, 2.24) is 14.6 Å². The van der Waals surface area contributed by atoms with Crippen LogP contribution in [-0.2, 0) is 12.6 Å². The van der Waals surface area contributed by atoms with Crippen molar-refractivity contribution in [1.29, 1.82) is 0 Å². The van der Waals surface area contributed by atoms with Crippen molar-refractivity contribution in [3.63, 3.8) is 0 Å². The summed E-state index contributed by atoms with van der Waals surface area (Å²) in [6.07, 6.45) is -1.83. The Balaban J connectivity index is 1.76. The van der Waals surface area contributed by atoms with Gasteiger partial charge in [0.25, 0.3) is 0 Å². The first-order valence-corrected chi connectivity index (χ1v) is 8.79. The minimum atomic E-state index is -4.72. The molecule has 0 N–H and O–H groups in total. The largest absolute Gasteiger partial charge is 0.483 e. The Kier molecular flexibility index (Phi) is 4.47. The van der Waals surface area contributed by atoms with Crippen LogP contribution < -0.4 is 4.74 Å². The Hall–Kier alpha value is -2.71. The molecule has 3 aromatic rings. The van der Waals surface area contributed by atoms with E-state index in [4.69, 9.17) is 4.74 Å². The summed E-state index contributed by atoms with van der Waals surface area (Å²) in [6, 6.07) is 3.81. The molecule has 4 nitrogen and oxygen atoms in total. The van der Waals surface area contributed by atoms with Crippen LogP contribution in [0.5, 0.6) is 5.75 Å². The highest BCUT2D eigenvalue weighted by atomic mass is 19.4. The highest BCUT2D eigenvalue weighted by Crippen LogP contribution is 2.39. The third-order valence-electron chi connectivity index (χ3n) is 4.77. The molecule has 9 heteroatoms. The monoisotopic (exact) mass is 397 g/mol. The molecule has 1 saturated carbocycles. The molecule has 1 aromatic carbocycles. The number of ether oxygens (including phenoxy) is 1. The quantitative estimate of drug-likeness (QED) is 0.561. The summed E-state index contributed by atoms with van der Waals surface area (Å²) in [7, 11) is 0. The van der Waals surface area contributed by atoms with Gasteiger partial charge in [0, 0.05) is 24.2 Å². The lowest BCUT2D eigenvalue weighted by Crippen LogP contribution is -2.16. The number of benzene rings is 1. The van der Waals surface area contributed by atoms with Crippen molar-refractivity contribution < 1.29 is 26.7 Å². The second-order valence-electron chi connectivity index (χ2n) is 6.94. The maximum atomic E-state index is 13.8. The van der Waals surface area contributed by atoms with E-state index in [0.717, 1.165) is 31.0 Å². The minimum Gasteiger partial charge on any atom is -0.483 e. The number of halogens is 5. The summed E-state index contributed by atoms with van der Waals surface area (Å²) in [4.78, 5) is 0. The number of hydrogen-bond donors (Lipinski definition) is 0. The second-order valence-corrected chi connectivity index (χ2v) is 6.94. The SMILES string of the molecule is CC(Oc1cc(F)ccc1F)c1ccn2c(CC3CC3)nnc2c1C(F)(F)F. The Labute approximate surface area is 157 Å². The fourth-order valence-corrected chi connectivity index (χ4v) is 3.19. The van der Waals surface area contributed by atoms with Gasteiger partial charge in [-0.25, -0.2) is 8.78 Å². The third-order valence-corrected chi connectivity index (χ3v) is 4.77. The molecule has 1 aliphatic carbocycles. The van der Waals surface area contributed by atoms with Crippen LogP contribution in [0.3, 0.4) is 0 Å². The summed E-state index contributed by atoms with van der Waals surface area (Å²) >= 11 is 0. The first-order valence-electron chi connectivity index (χ1n) is 8.79. The Morgan fingerprint density at radius 2 is 1.93 bits per heavy atom. The third kappa shape index (κ3) is 3.53. The second kappa shape index (κ2) is 6.72. The summed E-state index contributed by atoms with van der Waals surface area (Å²) in [5, 5.41) is 7.67. The lowest BCUT2D eigenvalue weighted by Gasteiger charge is -2.20. The molecule has 0 saturated heterocycles. The average Bonchev–Trinajstić information content (AvgIpc) is 3.35. The molecular formula is C19H16F5N3O. The van der Waals surface area contributed by atoms with Crippen LogP contribution in [-0.4, -0.2) is 14.6 Å². The number of rotatable bonds is 5. The predicted octanol–water partition coefficient (Wildman–Crippen LogP) is 5.12. The van der Waals surface area contributed by atoms with Gasteiger partial charge < -0.3 is 4.74 Å². The molecule has 1 atom stereocenters. The average molecular weight is 397 g/mol. The topological polar surface area (TPSA) is 39.4 Å². The molecule has 0 bridgehead atoms. The van der Waals surface area contributed by atoms with E-state index in [1.54, 1.807) is 0 Å². The molecule has 0 aliphatic heterocycles. The molecule has 1 aliphatic rings. The van der Waals surface area contributed by atoms with Crippen LogP contribution in [0.15, 0.2) is 30.5 Å². The minimum absolute atomic E-state index is 0.228. The van der Waals surface area contributed by atoms with Crippen molar-refractivity contribution in [2.75, 3.05) is 0 Å². The molecule has 148 valence electrons. The molecule has 0 radical (unpaired) electrons. The van der Waals surface area contributed by atoms with Gasteiger partial charge >= 0.3 is 6.18 Å². The molecule has 0 amide bonds. The molecule has 1 fully saturated rings. The molecule has 0 spiro atoms. The van der Waals surface area contributed by atoms with Crippen LogP contribution in [0.1, 0.15) is 42.8 Å². The standard InChI is InChI=1S/C19H16F5N3O/c1-10(28-15-9-12(20)4-5-14(15)21)13-6-7-27-16(8-11-2-3-11)25-26-18(27)17(13)19(22,23)24/h4-7,9-11H,2-3,8H2,1H3. The summed E-state index contributed by atoms with van der Waals surface area (Å²) in [5.74, 6) is -1.18. The molecule has 2 heterocycles. The molecule has 4 rings (SSSR count). The summed E-state index contributed by atoms with van der Waals surface area (Å²) < 4.78 is 75.3. The maximum absolute atomic E-state index is 13.8. The lowest BCUT2D eigenvalue weighted by atomic mass is 10.0. The van der Waals surface area contributed by atoms with Crippen molar-refractivity contribution in [3.05, 3.63) is 59.0 Å². The normalized spacial score (nSPS) is 15.8. The number of hydrogen-bond acceptors (Lipinski definition) is 3. The van der Waals surface area contributed by atoms with Gasteiger partial charge in [-0.3, -0.25) is 4.40 Å². The van der Waals surface area contributed by atoms with Crippen LogP contribution in [0.25, 0.3) is 5.65 Å². The number of nitrogens with zero attached hydrogens (tertiary/aromatic N) is 3. The van der Waals surface area contributed by atoms with Gasteiger partial charge in [0.05, 0.1) is 0 Å². The smallest absolute Gasteiger partial charge is 0.420 e. The van der Waals surface area contributed by atoms with Gasteiger partial charge in [0.2, 0.25) is 0 Å². The lowest BCUT2D eigenvalue weighted by molar-refractivity contribution is -0.138. The zero-order valence-electron chi connectivity index (χ0n) is 14.8. The van der Waals surface area contributed by atoms with Crippen LogP contribution in [0.2, 0.25) is 0 Å². The van der Waals surface area contributed by atoms with Gasteiger partial charge in [-0.15, -0.1) is 10.2 Å². The maximum Gasteiger partial charge on any atom is 0.420 e. The summed E-state index contributed by atoms with van der Waals surface area (Å²) in [6.45, 7) is 1.34. The fourth-order valence-electron chi connectivity index (χ4n) is 3.19. The van der Waals surface area contributed by atoms with E-state index >= 15 is 0 Å². The van der Waals surface area contributed by atoms with Crippen LogP contribution in [0.4, 0.5) is 22.0 Å². The van der Waals surface area contributed by atoms with Crippen LogP contribution in [0, 0.1) is 17.6 Å². The van der Waals surface area contributed by atoms with Crippen molar-refractivity contribution in [3.8, 4) is 5.75 Å². The van der Waals surface area contributed by atoms with E-state index < -0.39 is 35.2 Å². The molecule has 1 unspecified atom stereocenters. The van der Waals surface area contributed by atoms with E-state index in [9.17, 15) is 22.0 Å².